The Hall–Kier alpha value is -1.14. The number of nitrogens with zero attached hydrogens (tertiary/aromatic N) is 3. The first-order valence-electron chi connectivity index (χ1n) is 6.46. The predicted octanol–water partition coefficient (Wildman–Crippen LogP) is 2.96. The second-order valence-electron chi connectivity index (χ2n) is 4.74. The monoisotopic (exact) mass is 326 g/mol. The van der Waals surface area contributed by atoms with Crippen LogP contribution >= 0.6 is 15.9 Å². The van der Waals surface area contributed by atoms with Crippen LogP contribution in [-0.4, -0.2) is 33.9 Å². The van der Waals surface area contributed by atoms with E-state index in [1.54, 1.807) is 4.52 Å². The summed E-state index contributed by atoms with van der Waals surface area (Å²) in [5, 5.41) is 7.75. The van der Waals surface area contributed by atoms with Crippen molar-refractivity contribution in [1.82, 2.24) is 14.6 Å². The highest BCUT2D eigenvalue weighted by Crippen LogP contribution is 2.14. The van der Waals surface area contributed by atoms with E-state index in [9.17, 15) is 0 Å². The van der Waals surface area contributed by atoms with E-state index < -0.39 is 0 Å². The quantitative estimate of drug-likeness (QED) is 0.886. The van der Waals surface area contributed by atoms with Crippen LogP contribution in [0, 0.1) is 5.92 Å². The SMILES string of the molecule is CCOCC(Nc1nc2ccc(Br)cn2n1)C(C)C. The third-order valence-electron chi connectivity index (χ3n) is 2.92. The molecule has 104 valence electrons. The number of nitrogens with one attached hydrogen (secondary N) is 1. The second kappa shape index (κ2) is 6.34. The van der Waals surface area contributed by atoms with E-state index in [-0.39, 0.29) is 6.04 Å². The fraction of sp³-hybridized carbons (Fsp3) is 0.538. The molecule has 6 heteroatoms. The van der Waals surface area contributed by atoms with Crippen molar-refractivity contribution >= 4 is 27.5 Å². The van der Waals surface area contributed by atoms with Crippen LogP contribution in [0.4, 0.5) is 5.95 Å². The summed E-state index contributed by atoms with van der Waals surface area (Å²) >= 11 is 3.42. The minimum absolute atomic E-state index is 0.209. The topological polar surface area (TPSA) is 51.5 Å². The van der Waals surface area contributed by atoms with Gasteiger partial charge in [-0.25, -0.2) is 4.52 Å². The van der Waals surface area contributed by atoms with Crippen molar-refractivity contribution in [1.29, 1.82) is 0 Å². The Morgan fingerprint density at radius 3 is 2.89 bits per heavy atom. The van der Waals surface area contributed by atoms with Crippen LogP contribution in [0.15, 0.2) is 22.8 Å². The number of pyridine rings is 1. The molecule has 0 spiro atoms. The molecule has 0 aliphatic rings. The fourth-order valence-corrected chi connectivity index (χ4v) is 2.06. The lowest BCUT2D eigenvalue weighted by Crippen LogP contribution is -2.31. The van der Waals surface area contributed by atoms with Gasteiger partial charge in [-0.1, -0.05) is 13.8 Å². The van der Waals surface area contributed by atoms with Gasteiger partial charge in [0, 0.05) is 17.3 Å². The molecule has 0 fully saturated rings. The largest absolute Gasteiger partial charge is 0.380 e. The first kappa shape index (κ1) is 14.3. The summed E-state index contributed by atoms with van der Waals surface area (Å²) < 4.78 is 8.22. The maximum atomic E-state index is 5.49. The molecule has 1 atom stereocenters. The Bertz CT molecular complexity index is 540. The zero-order chi connectivity index (χ0) is 13.8. The van der Waals surface area contributed by atoms with Crippen molar-refractivity contribution < 1.29 is 4.74 Å². The summed E-state index contributed by atoms with van der Waals surface area (Å²) in [6, 6.07) is 4.09. The fourth-order valence-electron chi connectivity index (χ4n) is 1.73. The van der Waals surface area contributed by atoms with Crippen LogP contribution in [0.2, 0.25) is 0 Å². The summed E-state index contributed by atoms with van der Waals surface area (Å²) in [4.78, 5) is 4.45. The van der Waals surface area contributed by atoms with Gasteiger partial charge in [-0.2, -0.15) is 4.98 Å². The van der Waals surface area contributed by atoms with E-state index in [0.29, 0.717) is 18.5 Å². The molecular formula is C13H19BrN4O. The van der Waals surface area contributed by atoms with Crippen LogP contribution in [0.3, 0.4) is 0 Å². The molecule has 1 unspecified atom stereocenters. The molecule has 2 aromatic heterocycles. The van der Waals surface area contributed by atoms with Crippen molar-refractivity contribution in [2.24, 2.45) is 5.92 Å². The Morgan fingerprint density at radius 2 is 2.21 bits per heavy atom. The second-order valence-corrected chi connectivity index (χ2v) is 5.66. The van der Waals surface area contributed by atoms with E-state index >= 15 is 0 Å². The van der Waals surface area contributed by atoms with E-state index in [1.165, 1.54) is 0 Å². The maximum absolute atomic E-state index is 5.49. The normalized spacial score (nSPS) is 13.1. The highest BCUT2D eigenvalue weighted by Gasteiger charge is 2.15. The molecule has 19 heavy (non-hydrogen) atoms. The van der Waals surface area contributed by atoms with Crippen molar-refractivity contribution in [2.75, 3.05) is 18.5 Å². The van der Waals surface area contributed by atoms with Crippen LogP contribution in [-0.2, 0) is 4.74 Å². The average Bonchev–Trinajstić information content (AvgIpc) is 2.75. The third kappa shape index (κ3) is 3.67. The lowest BCUT2D eigenvalue weighted by atomic mass is 10.1. The van der Waals surface area contributed by atoms with Gasteiger partial charge < -0.3 is 10.1 Å². The van der Waals surface area contributed by atoms with Crippen molar-refractivity contribution in [3.05, 3.63) is 22.8 Å². The van der Waals surface area contributed by atoms with Gasteiger partial charge in [0.1, 0.15) is 0 Å². The van der Waals surface area contributed by atoms with E-state index in [0.717, 1.165) is 16.7 Å². The van der Waals surface area contributed by atoms with Crippen LogP contribution in [0.1, 0.15) is 20.8 Å². The molecule has 0 radical (unpaired) electrons. The zero-order valence-corrected chi connectivity index (χ0v) is 13.0. The highest BCUT2D eigenvalue weighted by atomic mass is 79.9. The number of aromatic nitrogens is 3. The molecule has 0 aromatic carbocycles. The molecule has 5 nitrogen and oxygen atoms in total. The Kier molecular flexibility index (Phi) is 4.76. The molecular weight excluding hydrogens is 308 g/mol. The standard InChI is InChI=1S/C13H19BrN4O/c1-4-19-8-11(9(2)3)15-13-16-12-6-5-10(14)7-18(12)17-13/h5-7,9,11H,4,8H2,1-3H3,(H,15,17). The van der Waals surface area contributed by atoms with Gasteiger partial charge in [0.05, 0.1) is 12.6 Å². The molecule has 0 bridgehead atoms. The summed E-state index contributed by atoms with van der Waals surface area (Å²) in [7, 11) is 0. The smallest absolute Gasteiger partial charge is 0.243 e. The van der Waals surface area contributed by atoms with Crippen molar-refractivity contribution in [2.45, 2.75) is 26.8 Å². The number of halogens is 1. The molecule has 0 aliphatic heterocycles. The lowest BCUT2D eigenvalue weighted by molar-refractivity contribution is 0.126. The van der Waals surface area contributed by atoms with Gasteiger partial charge in [-0.3, -0.25) is 0 Å². The lowest BCUT2D eigenvalue weighted by Gasteiger charge is -2.20. The molecule has 2 aromatic rings. The summed E-state index contributed by atoms with van der Waals surface area (Å²) in [6.45, 7) is 7.69. The first-order valence-corrected chi connectivity index (χ1v) is 7.25. The Balaban J connectivity index is 2.14. The number of ether oxygens (including phenoxy) is 1. The van der Waals surface area contributed by atoms with E-state index in [4.69, 9.17) is 4.74 Å². The van der Waals surface area contributed by atoms with Crippen LogP contribution in [0.5, 0.6) is 0 Å². The Morgan fingerprint density at radius 1 is 1.42 bits per heavy atom. The zero-order valence-electron chi connectivity index (χ0n) is 11.4. The van der Waals surface area contributed by atoms with Gasteiger partial charge in [0.15, 0.2) is 5.65 Å². The maximum Gasteiger partial charge on any atom is 0.243 e. The predicted molar refractivity (Wildman–Crippen MR) is 79.4 cm³/mol. The molecule has 2 heterocycles. The minimum Gasteiger partial charge on any atom is -0.380 e. The summed E-state index contributed by atoms with van der Waals surface area (Å²) in [5.41, 5.74) is 0.824. The third-order valence-corrected chi connectivity index (χ3v) is 3.38. The van der Waals surface area contributed by atoms with Crippen molar-refractivity contribution in [3.63, 3.8) is 0 Å². The van der Waals surface area contributed by atoms with E-state index in [1.807, 2.05) is 25.3 Å². The van der Waals surface area contributed by atoms with Gasteiger partial charge in [0.25, 0.3) is 0 Å². The Labute approximate surface area is 121 Å². The summed E-state index contributed by atoms with van der Waals surface area (Å²) in [5.74, 6) is 1.08. The van der Waals surface area contributed by atoms with Gasteiger partial charge >= 0.3 is 0 Å². The van der Waals surface area contributed by atoms with Gasteiger partial charge in [-0.15, -0.1) is 5.10 Å². The number of hydrogen-bond acceptors (Lipinski definition) is 4. The van der Waals surface area contributed by atoms with Crippen molar-refractivity contribution in [3.8, 4) is 0 Å². The minimum atomic E-state index is 0.209. The van der Waals surface area contributed by atoms with Crippen LogP contribution < -0.4 is 5.32 Å². The number of rotatable bonds is 6. The number of hydrogen-bond donors (Lipinski definition) is 1. The van der Waals surface area contributed by atoms with Gasteiger partial charge in [0.2, 0.25) is 5.95 Å². The molecule has 0 aliphatic carbocycles. The first-order chi connectivity index (χ1) is 9.10. The highest BCUT2D eigenvalue weighted by molar-refractivity contribution is 9.10. The molecule has 0 amide bonds. The molecule has 1 N–H and O–H groups in total. The summed E-state index contributed by atoms with van der Waals surface area (Å²) in [6.07, 6.45) is 1.89. The van der Waals surface area contributed by atoms with Gasteiger partial charge in [-0.05, 0) is 40.9 Å². The molecule has 2 rings (SSSR count). The number of fused-ring (bicyclic) bond motifs is 1. The van der Waals surface area contributed by atoms with Crippen LogP contribution in [0.25, 0.3) is 5.65 Å². The average molecular weight is 327 g/mol. The van der Waals surface area contributed by atoms with E-state index in [2.05, 4.69) is 45.2 Å². The number of anilines is 1. The molecule has 0 saturated carbocycles. The molecule has 0 saturated heterocycles.